The van der Waals surface area contributed by atoms with Gasteiger partial charge in [0.25, 0.3) is 5.91 Å². The summed E-state index contributed by atoms with van der Waals surface area (Å²) < 4.78 is 42.3. The monoisotopic (exact) mass is 398 g/mol. The Labute approximate surface area is 155 Å². The van der Waals surface area contributed by atoms with E-state index in [9.17, 15) is 32.7 Å². The molecule has 0 saturated carbocycles. The summed E-state index contributed by atoms with van der Waals surface area (Å²) in [6.45, 7) is 1.47. The Morgan fingerprint density at radius 2 is 1.93 bits per heavy atom. The zero-order valence-corrected chi connectivity index (χ0v) is 14.4. The number of nitrogens with zero attached hydrogens (tertiary/aromatic N) is 2. The quantitative estimate of drug-likeness (QED) is 0.633. The Balaban J connectivity index is 2.42. The smallest absolute Gasteiger partial charge is 0.324 e. The molecule has 0 saturated heterocycles. The fraction of sp³-hybridized carbons (Fsp3) is 0.176. The van der Waals surface area contributed by atoms with Crippen LogP contribution in [-0.2, 0) is 16.0 Å². The van der Waals surface area contributed by atoms with Crippen molar-refractivity contribution >= 4 is 40.8 Å². The number of fused-ring (bicyclic) bond motifs is 1. The zero-order chi connectivity index (χ0) is 20.0. The highest BCUT2D eigenvalue weighted by molar-refractivity contribution is 6.33. The summed E-state index contributed by atoms with van der Waals surface area (Å²) in [6, 6.07) is 2.87. The molecule has 0 bridgehead atoms. The second kappa shape index (κ2) is 6.66. The third-order valence-electron chi connectivity index (χ3n) is 4.14. The number of aliphatic carboxylic acids is 1. The van der Waals surface area contributed by atoms with Crippen LogP contribution in [0.25, 0.3) is 0 Å². The van der Waals surface area contributed by atoms with Crippen molar-refractivity contribution in [3.63, 3.8) is 0 Å². The molecule has 2 heterocycles. The second-order valence-electron chi connectivity index (χ2n) is 5.63. The highest BCUT2D eigenvalue weighted by Gasteiger charge is 2.48. The molecule has 2 aromatic rings. The van der Waals surface area contributed by atoms with Gasteiger partial charge in [-0.2, -0.15) is 0 Å². The van der Waals surface area contributed by atoms with E-state index < -0.39 is 63.3 Å². The largest absolute Gasteiger partial charge is 0.480 e. The molecule has 1 unspecified atom stereocenters. The van der Waals surface area contributed by atoms with Crippen molar-refractivity contribution in [1.82, 2.24) is 4.98 Å². The number of hydrogen-bond donors (Lipinski definition) is 1. The average molecular weight is 399 g/mol. The molecule has 3 rings (SSSR count). The van der Waals surface area contributed by atoms with Crippen LogP contribution in [0.1, 0.15) is 22.8 Å². The maximum absolute atomic E-state index is 14.3. The second-order valence-corrected chi connectivity index (χ2v) is 5.99. The number of carbonyl (C=O) groups is 3. The van der Waals surface area contributed by atoms with Gasteiger partial charge in [-0.25, -0.2) is 18.2 Å². The zero-order valence-electron chi connectivity index (χ0n) is 13.6. The van der Waals surface area contributed by atoms with Crippen molar-refractivity contribution in [3.05, 3.63) is 51.9 Å². The molecule has 1 amide bonds. The van der Waals surface area contributed by atoms with Crippen molar-refractivity contribution in [2.24, 2.45) is 5.92 Å². The fourth-order valence-corrected chi connectivity index (χ4v) is 3.12. The first-order chi connectivity index (χ1) is 12.7. The molecule has 1 aromatic heterocycles. The molecule has 6 nitrogen and oxygen atoms in total. The van der Waals surface area contributed by atoms with E-state index in [1.54, 1.807) is 0 Å². The maximum atomic E-state index is 14.3. The van der Waals surface area contributed by atoms with Crippen LogP contribution in [0.15, 0.2) is 18.2 Å². The van der Waals surface area contributed by atoms with Crippen LogP contribution in [0.2, 0.25) is 5.15 Å². The summed E-state index contributed by atoms with van der Waals surface area (Å²) >= 11 is 5.73. The Hall–Kier alpha value is -2.94. The lowest BCUT2D eigenvalue weighted by atomic mass is 9.88. The fourth-order valence-electron chi connectivity index (χ4n) is 2.93. The van der Waals surface area contributed by atoms with Gasteiger partial charge < -0.3 is 5.11 Å². The highest BCUT2D eigenvalue weighted by atomic mass is 35.5. The minimum Gasteiger partial charge on any atom is -0.480 e. The number of ketones is 1. The number of carboxylic acids is 1. The van der Waals surface area contributed by atoms with Crippen LogP contribution in [0.3, 0.4) is 0 Å². The summed E-state index contributed by atoms with van der Waals surface area (Å²) in [5.41, 5.74) is -1.44. The van der Waals surface area contributed by atoms with Gasteiger partial charge in [-0.05, 0) is 18.6 Å². The topological polar surface area (TPSA) is 87.6 Å². The van der Waals surface area contributed by atoms with Gasteiger partial charge >= 0.3 is 5.97 Å². The van der Waals surface area contributed by atoms with E-state index >= 15 is 0 Å². The van der Waals surface area contributed by atoms with Crippen LogP contribution >= 0.6 is 11.6 Å². The van der Waals surface area contributed by atoms with Gasteiger partial charge in [0.1, 0.15) is 0 Å². The first kappa shape index (κ1) is 18.8. The molecule has 10 heteroatoms. The summed E-state index contributed by atoms with van der Waals surface area (Å²) in [4.78, 5) is 40.8. The molecule has 0 radical (unpaired) electrons. The molecule has 27 heavy (non-hydrogen) atoms. The van der Waals surface area contributed by atoms with Gasteiger partial charge in [0.15, 0.2) is 40.1 Å². The van der Waals surface area contributed by atoms with Crippen LogP contribution in [0, 0.1) is 23.4 Å². The van der Waals surface area contributed by atoms with E-state index in [1.165, 1.54) is 6.92 Å². The SMILES string of the molecule is CCc1c(F)c(Cl)nc2c1C(=O)C(C(=O)O)C(=O)N2c1cccc(F)c1F. The van der Waals surface area contributed by atoms with Crippen LogP contribution in [-0.4, -0.2) is 27.8 Å². The standard InChI is InChI=1S/C17H10ClF3N2O4/c1-2-6-9-13(24)10(17(26)27)16(25)23(15(9)22-14(18)11(6)20)8-5-3-4-7(19)12(8)21/h3-5,10H,2H2,1H3,(H,26,27). The number of carboxylic acid groups (broad SMARTS) is 1. The Kier molecular flexibility index (Phi) is 4.64. The van der Waals surface area contributed by atoms with Crippen molar-refractivity contribution in [2.75, 3.05) is 4.90 Å². The summed E-state index contributed by atoms with van der Waals surface area (Å²) in [7, 11) is 0. The number of carbonyl (C=O) groups excluding carboxylic acids is 2. The van der Waals surface area contributed by atoms with Crippen molar-refractivity contribution in [2.45, 2.75) is 13.3 Å². The van der Waals surface area contributed by atoms with Crippen molar-refractivity contribution in [3.8, 4) is 0 Å². The summed E-state index contributed by atoms with van der Waals surface area (Å²) in [5.74, 6) is -11.0. The molecular weight excluding hydrogens is 389 g/mol. The van der Waals surface area contributed by atoms with E-state index in [2.05, 4.69) is 4.98 Å². The van der Waals surface area contributed by atoms with E-state index in [0.717, 1.165) is 18.2 Å². The number of Topliss-reactive ketones (excluding diaryl/α,β-unsaturated/α-hetero) is 1. The lowest BCUT2D eigenvalue weighted by Crippen LogP contribution is -2.47. The molecule has 1 atom stereocenters. The lowest BCUT2D eigenvalue weighted by Gasteiger charge is -2.32. The van der Waals surface area contributed by atoms with Gasteiger partial charge in [-0.3, -0.25) is 19.3 Å². The first-order valence-electron chi connectivity index (χ1n) is 7.63. The Morgan fingerprint density at radius 1 is 1.26 bits per heavy atom. The van der Waals surface area contributed by atoms with E-state index in [1.807, 2.05) is 0 Å². The number of benzene rings is 1. The normalized spacial score (nSPS) is 16.5. The number of anilines is 2. The number of aromatic nitrogens is 1. The number of hydrogen-bond acceptors (Lipinski definition) is 4. The summed E-state index contributed by atoms with van der Waals surface area (Å²) in [6.07, 6.45) is -0.0812. The lowest BCUT2D eigenvalue weighted by molar-refractivity contribution is -0.143. The van der Waals surface area contributed by atoms with E-state index in [0.29, 0.717) is 4.90 Å². The number of pyridine rings is 1. The molecule has 1 aliphatic heterocycles. The van der Waals surface area contributed by atoms with Gasteiger partial charge in [-0.15, -0.1) is 0 Å². The van der Waals surface area contributed by atoms with Crippen molar-refractivity contribution < 1.29 is 32.7 Å². The first-order valence-corrected chi connectivity index (χ1v) is 8.01. The predicted molar refractivity (Wildman–Crippen MR) is 87.5 cm³/mol. The van der Waals surface area contributed by atoms with Crippen LogP contribution in [0.4, 0.5) is 24.7 Å². The molecule has 1 aromatic carbocycles. The van der Waals surface area contributed by atoms with Crippen LogP contribution in [0.5, 0.6) is 0 Å². The molecule has 1 aliphatic rings. The van der Waals surface area contributed by atoms with E-state index in [-0.39, 0.29) is 12.0 Å². The molecule has 1 N–H and O–H groups in total. The molecule has 0 aliphatic carbocycles. The maximum Gasteiger partial charge on any atom is 0.324 e. The molecule has 0 spiro atoms. The van der Waals surface area contributed by atoms with Crippen molar-refractivity contribution in [1.29, 1.82) is 0 Å². The number of rotatable bonds is 3. The third-order valence-corrected chi connectivity index (χ3v) is 4.39. The molecular formula is C17H10ClF3N2O4. The highest BCUT2D eigenvalue weighted by Crippen LogP contribution is 2.40. The predicted octanol–water partition coefficient (Wildman–Crippen LogP) is 3.28. The van der Waals surface area contributed by atoms with Crippen LogP contribution < -0.4 is 4.90 Å². The van der Waals surface area contributed by atoms with Gasteiger partial charge in [0.2, 0.25) is 0 Å². The number of halogens is 4. The average Bonchev–Trinajstić information content (AvgIpc) is 2.60. The third kappa shape index (κ3) is 2.74. The van der Waals surface area contributed by atoms with Gasteiger partial charge in [-0.1, -0.05) is 24.6 Å². The minimum absolute atomic E-state index is 0.0812. The number of amides is 1. The Morgan fingerprint density at radius 3 is 2.52 bits per heavy atom. The Bertz CT molecular complexity index is 1010. The molecule has 0 fully saturated rings. The molecule has 140 valence electrons. The van der Waals surface area contributed by atoms with Gasteiger partial charge in [0.05, 0.1) is 11.3 Å². The summed E-state index contributed by atoms with van der Waals surface area (Å²) in [5, 5.41) is 8.61. The van der Waals surface area contributed by atoms with E-state index in [4.69, 9.17) is 11.6 Å². The minimum atomic E-state index is -2.26. The van der Waals surface area contributed by atoms with Gasteiger partial charge in [0, 0.05) is 5.56 Å².